The number of carbonyl (C=O) groups excluding carboxylic acids is 1. The fourth-order valence-electron chi connectivity index (χ4n) is 3.22. The standard InChI is InChI=1S/C24H20N6O2/c25-29-27-21-11-7-17(8-12-21)3-1-5-19-15-23(31)16-20(24(19)32)6-2-4-18-9-13-22(14-10-18)28-30-26/h1-14,23,31H,15-16H2/b3-1+,4-2+,19-5-,20-6+. The second-order valence-corrected chi connectivity index (χ2v) is 7.06. The Labute approximate surface area is 184 Å². The molecule has 1 fully saturated rings. The van der Waals surface area contributed by atoms with Gasteiger partial charge in [-0.2, -0.15) is 0 Å². The molecule has 0 amide bonds. The van der Waals surface area contributed by atoms with E-state index in [0.29, 0.717) is 35.4 Å². The summed E-state index contributed by atoms with van der Waals surface area (Å²) in [6.07, 6.45) is 10.7. The number of ketones is 1. The average molecular weight is 424 g/mol. The van der Waals surface area contributed by atoms with Crippen LogP contribution < -0.4 is 0 Å². The van der Waals surface area contributed by atoms with E-state index in [0.717, 1.165) is 11.1 Å². The number of rotatable bonds is 6. The largest absolute Gasteiger partial charge is 0.392 e. The van der Waals surface area contributed by atoms with Crippen LogP contribution in [0, 0.1) is 0 Å². The molecule has 8 heteroatoms. The Bertz CT molecular complexity index is 1100. The Morgan fingerprint density at radius 1 is 0.781 bits per heavy atom. The van der Waals surface area contributed by atoms with Crippen molar-refractivity contribution >= 4 is 29.3 Å². The van der Waals surface area contributed by atoms with Crippen molar-refractivity contribution in [1.29, 1.82) is 0 Å². The van der Waals surface area contributed by atoms with Gasteiger partial charge in [-0.25, -0.2) is 0 Å². The molecule has 0 aliphatic heterocycles. The van der Waals surface area contributed by atoms with Gasteiger partial charge < -0.3 is 5.11 Å². The number of azide groups is 2. The predicted octanol–water partition coefficient (Wildman–Crippen LogP) is 6.87. The summed E-state index contributed by atoms with van der Waals surface area (Å²) in [6.45, 7) is 0. The van der Waals surface area contributed by atoms with Crippen molar-refractivity contribution in [2.45, 2.75) is 18.9 Å². The predicted molar refractivity (Wildman–Crippen MR) is 125 cm³/mol. The zero-order valence-corrected chi connectivity index (χ0v) is 17.1. The smallest absolute Gasteiger partial charge is 0.185 e. The van der Waals surface area contributed by atoms with Gasteiger partial charge >= 0.3 is 0 Å². The van der Waals surface area contributed by atoms with Crippen LogP contribution in [0.2, 0.25) is 0 Å². The van der Waals surface area contributed by atoms with Crippen molar-refractivity contribution in [2.24, 2.45) is 10.2 Å². The number of nitrogens with zero attached hydrogens (tertiary/aromatic N) is 6. The minimum atomic E-state index is -0.613. The van der Waals surface area contributed by atoms with Crippen molar-refractivity contribution in [2.75, 3.05) is 0 Å². The van der Waals surface area contributed by atoms with Crippen LogP contribution >= 0.6 is 0 Å². The van der Waals surface area contributed by atoms with E-state index in [1.165, 1.54) is 0 Å². The molecular weight excluding hydrogens is 404 g/mol. The van der Waals surface area contributed by atoms with Gasteiger partial charge in [-0.05, 0) is 22.2 Å². The Hall–Kier alpha value is -4.35. The lowest BCUT2D eigenvalue weighted by molar-refractivity contribution is -0.113. The van der Waals surface area contributed by atoms with Gasteiger partial charge in [0.1, 0.15) is 0 Å². The maximum Gasteiger partial charge on any atom is 0.185 e. The third-order valence-corrected chi connectivity index (χ3v) is 4.77. The van der Waals surface area contributed by atoms with Crippen LogP contribution in [-0.2, 0) is 4.79 Å². The van der Waals surface area contributed by atoms with Crippen LogP contribution in [0.3, 0.4) is 0 Å². The van der Waals surface area contributed by atoms with Gasteiger partial charge in [0.05, 0.1) is 6.10 Å². The summed E-state index contributed by atoms with van der Waals surface area (Å²) in [7, 11) is 0. The fraction of sp³-hybridized carbons (Fsp3) is 0.125. The zero-order valence-electron chi connectivity index (χ0n) is 17.1. The molecule has 1 unspecified atom stereocenters. The molecule has 1 aliphatic rings. The quantitative estimate of drug-likeness (QED) is 0.234. The molecule has 2 aromatic rings. The van der Waals surface area contributed by atoms with E-state index in [9.17, 15) is 9.90 Å². The SMILES string of the molecule is [N-]=[N+]=Nc1ccc(/C=C/C=C2/CC(O)C/C(=C\C=C\c3ccc(N=[N+]=[N-])cc3)C2=O)cc1. The van der Waals surface area contributed by atoms with E-state index < -0.39 is 6.10 Å². The molecule has 1 aliphatic carbocycles. The molecule has 158 valence electrons. The van der Waals surface area contributed by atoms with Gasteiger partial charge in [0.15, 0.2) is 5.78 Å². The molecule has 3 rings (SSSR count). The molecular formula is C24H20N6O2. The molecule has 0 bridgehead atoms. The Kier molecular flexibility index (Phi) is 7.79. The summed E-state index contributed by atoms with van der Waals surface area (Å²) < 4.78 is 0. The van der Waals surface area contributed by atoms with Crippen molar-refractivity contribution in [1.82, 2.24) is 0 Å². The number of carbonyl (C=O) groups is 1. The fourth-order valence-corrected chi connectivity index (χ4v) is 3.22. The minimum absolute atomic E-state index is 0.0815. The Balaban J connectivity index is 1.70. The summed E-state index contributed by atoms with van der Waals surface area (Å²) >= 11 is 0. The number of Topliss-reactive ketones (excluding diaryl/α,β-unsaturated/α-hetero) is 1. The highest BCUT2D eigenvalue weighted by molar-refractivity contribution is 6.09. The molecule has 0 radical (unpaired) electrons. The molecule has 0 spiro atoms. The monoisotopic (exact) mass is 424 g/mol. The molecule has 8 nitrogen and oxygen atoms in total. The minimum Gasteiger partial charge on any atom is -0.392 e. The van der Waals surface area contributed by atoms with Crippen molar-refractivity contribution in [3.05, 3.63) is 116 Å². The first-order chi connectivity index (χ1) is 15.6. The van der Waals surface area contributed by atoms with E-state index >= 15 is 0 Å². The van der Waals surface area contributed by atoms with E-state index in [1.807, 2.05) is 36.4 Å². The van der Waals surface area contributed by atoms with Crippen LogP contribution in [0.4, 0.5) is 11.4 Å². The van der Waals surface area contributed by atoms with E-state index in [4.69, 9.17) is 11.1 Å². The van der Waals surface area contributed by atoms with Crippen LogP contribution in [0.1, 0.15) is 24.0 Å². The Morgan fingerprint density at radius 3 is 1.56 bits per heavy atom. The lowest BCUT2D eigenvalue weighted by atomic mass is 9.86. The number of hydrogen-bond donors (Lipinski definition) is 1. The summed E-state index contributed by atoms with van der Waals surface area (Å²) in [5.74, 6) is -0.0815. The third-order valence-electron chi connectivity index (χ3n) is 4.77. The average Bonchev–Trinajstić information content (AvgIpc) is 2.79. The molecule has 1 saturated carbocycles. The van der Waals surface area contributed by atoms with Crippen molar-refractivity contribution < 1.29 is 9.90 Å². The topological polar surface area (TPSA) is 135 Å². The highest BCUT2D eigenvalue weighted by Gasteiger charge is 2.25. The van der Waals surface area contributed by atoms with E-state index in [1.54, 1.807) is 48.6 Å². The van der Waals surface area contributed by atoms with Gasteiger partial charge in [-0.1, -0.05) is 95.2 Å². The second kappa shape index (κ2) is 11.2. The lowest BCUT2D eigenvalue weighted by Crippen LogP contribution is -2.23. The maximum absolute atomic E-state index is 12.8. The van der Waals surface area contributed by atoms with Crippen LogP contribution in [-0.4, -0.2) is 17.0 Å². The number of allylic oxidation sites excluding steroid dienone is 4. The van der Waals surface area contributed by atoms with Crippen LogP contribution in [0.5, 0.6) is 0 Å². The van der Waals surface area contributed by atoms with E-state index in [-0.39, 0.29) is 5.78 Å². The number of benzene rings is 2. The van der Waals surface area contributed by atoms with Crippen LogP contribution in [0.15, 0.2) is 94.2 Å². The normalized spacial score (nSPS) is 18.8. The molecule has 0 aromatic heterocycles. The summed E-state index contributed by atoms with van der Waals surface area (Å²) in [6, 6.07) is 14.1. The first-order valence-corrected chi connectivity index (χ1v) is 9.86. The maximum atomic E-state index is 12.8. The lowest BCUT2D eigenvalue weighted by Gasteiger charge is -2.21. The van der Waals surface area contributed by atoms with Crippen LogP contribution in [0.25, 0.3) is 33.0 Å². The summed E-state index contributed by atoms with van der Waals surface area (Å²) in [5, 5.41) is 17.3. The molecule has 1 N–H and O–H groups in total. The zero-order chi connectivity index (χ0) is 22.8. The molecule has 1 atom stereocenters. The van der Waals surface area contributed by atoms with Crippen molar-refractivity contribution in [3.63, 3.8) is 0 Å². The van der Waals surface area contributed by atoms with Gasteiger partial charge in [0.25, 0.3) is 0 Å². The first kappa shape index (κ1) is 22.3. The molecule has 2 aromatic carbocycles. The number of hydrogen-bond acceptors (Lipinski definition) is 4. The highest BCUT2D eigenvalue weighted by atomic mass is 16.3. The summed E-state index contributed by atoms with van der Waals surface area (Å²) in [5.41, 5.74) is 20.8. The van der Waals surface area contributed by atoms with Gasteiger partial charge in [-0.3, -0.25) is 4.79 Å². The number of aliphatic hydroxyl groups is 1. The van der Waals surface area contributed by atoms with E-state index in [2.05, 4.69) is 20.1 Å². The second-order valence-electron chi connectivity index (χ2n) is 7.06. The highest BCUT2D eigenvalue weighted by Crippen LogP contribution is 2.26. The Morgan fingerprint density at radius 2 is 1.19 bits per heavy atom. The number of aliphatic hydroxyl groups excluding tert-OH is 1. The third kappa shape index (κ3) is 6.32. The molecule has 32 heavy (non-hydrogen) atoms. The van der Waals surface area contributed by atoms with Gasteiger partial charge in [-0.15, -0.1) is 0 Å². The molecule has 0 heterocycles. The van der Waals surface area contributed by atoms with Gasteiger partial charge in [0, 0.05) is 45.2 Å². The molecule has 0 saturated heterocycles. The van der Waals surface area contributed by atoms with Gasteiger partial charge in [0.2, 0.25) is 0 Å². The first-order valence-electron chi connectivity index (χ1n) is 9.86. The summed E-state index contributed by atoms with van der Waals surface area (Å²) in [4.78, 5) is 18.3. The van der Waals surface area contributed by atoms with Crippen molar-refractivity contribution in [3.8, 4) is 0 Å².